The first kappa shape index (κ1) is 11.6. The molecule has 1 aromatic heterocycles. The van der Waals surface area contributed by atoms with Crippen LogP contribution in [-0.2, 0) is 11.3 Å². The fourth-order valence-corrected chi connectivity index (χ4v) is 2.66. The molecule has 0 saturated heterocycles. The van der Waals surface area contributed by atoms with Crippen LogP contribution in [0.15, 0.2) is 24.3 Å². The Balaban J connectivity index is 1.53. The third kappa shape index (κ3) is 2.86. The molecule has 1 aliphatic rings. The molecule has 1 aliphatic carbocycles. The Bertz CT molecular complexity index is 529. The molecule has 1 aromatic carbocycles. The summed E-state index contributed by atoms with van der Waals surface area (Å²) in [7, 11) is 0. The number of hydrogen-bond donors (Lipinski definition) is 2. The number of carbonyl (C=O) groups excluding carboxylic acids is 1. The van der Waals surface area contributed by atoms with Gasteiger partial charge in [-0.2, -0.15) is 0 Å². The highest BCUT2D eigenvalue weighted by molar-refractivity contribution is 7.18. The molecule has 0 bridgehead atoms. The van der Waals surface area contributed by atoms with Crippen molar-refractivity contribution < 1.29 is 4.79 Å². The second-order valence-electron chi connectivity index (χ2n) is 4.51. The highest BCUT2D eigenvalue weighted by Gasteiger charge is 2.21. The van der Waals surface area contributed by atoms with Gasteiger partial charge in [0, 0.05) is 6.04 Å². The van der Waals surface area contributed by atoms with Gasteiger partial charge in [0.05, 0.1) is 23.3 Å². The summed E-state index contributed by atoms with van der Waals surface area (Å²) in [4.78, 5) is 16.0. The molecule has 0 atom stereocenters. The van der Waals surface area contributed by atoms with E-state index in [0.29, 0.717) is 19.1 Å². The summed E-state index contributed by atoms with van der Waals surface area (Å²) in [5, 5.41) is 7.03. The molecule has 0 unspecified atom stereocenters. The van der Waals surface area contributed by atoms with Crippen LogP contribution in [0, 0.1) is 0 Å². The molecule has 4 nitrogen and oxygen atoms in total. The van der Waals surface area contributed by atoms with Crippen LogP contribution >= 0.6 is 11.3 Å². The molecule has 1 heterocycles. The van der Waals surface area contributed by atoms with Crippen LogP contribution in [0.1, 0.15) is 17.8 Å². The molecule has 0 radical (unpaired) electrons. The summed E-state index contributed by atoms with van der Waals surface area (Å²) in [5.41, 5.74) is 1.00. The Morgan fingerprint density at radius 2 is 2.22 bits per heavy atom. The maximum atomic E-state index is 11.6. The maximum absolute atomic E-state index is 11.6. The van der Waals surface area contributed by atoms with Gasteiger partial charge in [0.25, 0.3) is 0 Å². The van der Waals surface area contributed by atoms with Crippen LogP contribution in [0.3, 0.4) is 0 Å². The number of para-hydroxylation sites is 1. The Hall–Kier alpha value is -1.46. The van der Waals surface area contributed by atoms with E-state index in [2.05, 4.69) is 15.6 Å². The van der Waals surface area contributed by atoms with Crippen molar-refractivity contribution in [3.8, 4) is 0 Å². The second-order valence-corrected chi connectivity index (χ2v) is 5.62. The third-order valence-electron chi connectivity index (χ3n) is 2.90. The van der Waals surface area contributed by atoms with Crippen molar-refractivity contribution in [2.24, 2.45) is 0 Å². The van der Waals surface area contributed by atoms with Gasteiger partial charge in [0.1, 0.15) is 5.01 Å². The van der Waals surface area contributed by atoms with E-state index < -0.39 is 0 Å². The molecular weight excluding hydrogens is 246 g/mol. The lowest BCUT2D eigenvalue weighted by Crippen LogP contribution is -2.34. The summed E-state index contributed by atoms with van der Waals surface area (Å²) >= 11 is 1.63. The van der Waals surface area contributed by atoms with Crippen molar-refractivity contribution in [3.05, 3.63) is 29.3 Å². The van der Waals surface area contributed by atoms with Gasteiger partial charge >= 0.3 is 0 Å². The van der Waals surface area contributed by atoms with Crippen LogP contribution in [0.4, 0.5) is 0 Å². The minimum atomic E-state index is 0.0427. The number of hydrogen-bond acceptors (Lipinski definition) is 4. The largest absolute Gasteiger partial charge is 0.348 e. The van der Waals surface area contributed by atoms with E-state index in [1.54, 1.807) is 11.3 Å². The maximum Gasteiger partial charge on any atom is 0.234 e. The Labute approximate surface area is 109 Å². The molecule has 1 saturated carbocycles. The van der Waals surface area contributed by atoms with Crippen LogP contribution in [-0.4, -0.2) is 23.5 Å². The highest BCUT2D eigenvalue weighted by atomic mass is 32.1. The zero-order chi connectivity index (χ0) is 12.4. The summed E-state index contributed by atoms with van der Waals surface area (Å²) in [6.07, 6.45) is 2.40. The van der Waals surface area contributed by atoms with Gasteiger partial charge in [-0.25, -0.2) is 4.98 Å². The zero-order valence-electron chi connectivity index (χ0n) is 9.98. The Kier molecular flexibility index (Phi) is 3.25. The number of benzene rings is 1. The minimum absolute atomic E-state index is 0.0427. The van der Waals surface area contributed by atoms with Crippen molar-refractivity contribution in [2.75, 3.05) is 6.54 Å². The number of fused-ring (bicyclic) bond motifs is 1. The molecule has 18 heavy (non-hydrogen) atoms. The standard InChI is InChI=1S/C13H15N3OS/c17-12(7-14-9-5-6-9)15-8-13-16-10-3-1-2-4-11(10)18-13/h1-4,9,14H,5-8H2,(H,15,17). The monoisotopic (exact) mass is 261 g/mol. The summed E-state index contributed by atoms with van der Waals surface area (Å²) in [6.45, 7) is 0.931. The first-order valence-electron chi connectivity index (χ1n) is 6.16. The van der Waals surface area contributed by atoms with Crippen molar-refractivity contribution in [1.82, 2.24) is 15.6 Å². The smallest absolute Gasteiger partial charge is 0.234 e. The molecule has 5 heteroatoms. The topological polar surface area (TPSA) is 54.0 Å². The lowest BCUT2D eigenvalue weighted by Gasteiger charge is -2.03. The predicted molar refractivity (Wildman–Crippen MR) is 72.5 cm³/mol. The number of carbonyl (C=O) groups is 1. The first-order valence-corrected chi connectivity index (χ1v) is 6.97. The van der Waals surface area contributed by atoms with Crippen LogP contribution < -0.4 is 10.6 Å². The van der Waals surface area contributed by atoms with Crippen LogP contribution in [0.2, 0.25) is 0 Å². The first-order chi connectivity index (χ1) is 8.81. The average molecular weight is 261 g/mol. The number of rotatable bonds is 5. The predicted octanol–water partition coefficient (Wildman–Crippen LogP) is 1.66. The van der Waals surface area contributed by atoms with Crippen molar-refractivity contribution >= 4 is 27.5 Å². The molecule has 2 aromatic rings. The molecule has 94 valence electrons. The fourth-order valence-electron chi connectivity index (χ4n) is 1.76. The van der Waals surface area contributed by atoms with E-state index in [1.807, 2.05) is 24.3 Å². The average Bonchev–Trinajstić information content (AvgIpc) is 3.11. The van der Waals surface area contributed by atoms with E-state index in [-0.39, 0.29) is 5.91 Å². The van der Waals surface area contributed by atoms with Gasteiger partial charge in [-0.15, -0.1) is 11.3 Å². The SMILES string of the molecule is O=C(CNC1CC1)NCc1nc2ccccc2s1. The van der Waals surface area contributed by atoms with Crippen molar-refractivity contribution in [2.45, 2.75) is 25.4 Å². The number of nitrogens with zero attached hydrogens (tertiary/aromatic N) is 1. The Morgan fingerprint density at radius 3 is 3.00 bits per heavy atom. The molecular formula is C13H15N3OS. The van der Waals surface area contributed by atoms with E-state index in [1.165, 1.54) is 12.8 Å². The van der Waals surface area contributed by atoms with Gasteiger partial charge in [-0.1, -0.05) is 12.1 Å². The summed E-state index contributed by atoms with van der Waals surface area (Å²) in [5.74, 6) is 0.0427. The zero-order valence-corrected chi connectivity index (χ0v) is 10.8. The van der Waals surface area contributed by atoms with Gasteiger partial charge in [0.2, 0.25) is 5.91 Å². The number of nitrogens with one attached hydrogen (secondary N) is 2. The molecule has 1 amide bonds. The van der Waals surface area contributed by atoms with E-state index >= 15 is 0 Å². The number of amides is 1. The van der Waals surface area contributed by atoms with Crippen molar-refractivity contribution in [1.29, 1.82) is 0 Å². The lowest BCUT2D eigenvalue weighted by atomic mass is 10.3. The molecule has 0 aliphatic heterocycles. The number of aromatic nitrogens is 1. The fraction of sp³-hybridized carbons (Fsp3) is 0.385. The quantitative estimate of drug-likeness (QED) is 0.860. The number of thiazole rings is 1. The highest BCUT2D eigenvalue weighted by Crippen LogP contribution is 2.21. The molecule has 1 fully saturated rings. The van der Waals surface area contributed by atoms with E-state index in [0.717, 1.165) is 15.2 Å². The van der Waals surface area contributed by atoms with Gasteiger partial charge in [0.15, 0.2) is 0 Å². The Morgan fingerprint density at radius 1 is 1.39 bits per heavy atom. The lowest BCUT2D eigenvalue weighted by molar-refractivity contribution is -0.120. The van der Waals surface area contributed by atoms with E-state index in [4.69, 9.17) is 0 Å². The van der Waals surface area contributed by atoms with Gasteiger partial charge in [-0.3, -0.25) is 4.79 Å². The normalized spacial score (nSPS) is 14.9. The second kappa shape index (κ2) is 5.04. The van der Waals surface area contributed by atoms with Crippen molar-refractivity contribution in [3.63, 3.8) is 0 Å². The summed E-state index contributed by atoms with van der Waals surface area (Å²) in [6, 6.07) is 8.59. The van der Waals surface area contributed by atoms with Crippen LogP contribution in [0.25, 0.3) is 10.2 Å². The molecule has 3 rings (SSSR count). The van der Waals surface area contributed by atoms with Gasteiger partial charge < -0.3 is 10.6 Å². The third-order valence-corrected chi connectivity index (χ3v) is 3.94. The minimum Gasteiger partial charge on any atom is -0.348 e. The molecule has 2 N–H and O–H groups in total. The summed E-state index contributed by atoms with van der Waals surface area (Å²) < 4.78 is 1.16. The molecule has 0 spiro atoms. The van der Waals surface area contributed by atoms with E-state index in [9.17, 15) is 4.79 Å². The van der Waals surface area contributed by atoms with Crippen LogP contribution in [0.5, 0.6) is 0 Å². The van der Waals surface area contributed by atoms with Gasteiger partial charge in [-0.05, 0) is 25.0 Å².